The summed E-state index contributed by atoms with van der Waals surface area (Å²) in [4.78, 5) is 19.8. The van der Waals surface area contributed by atoms with Crippen molar-refractivity contribution in [2.24, 2.45) is 11.8 Å². The fourth-order valence-electron chi connectivity index (χ4n) is 5.10. The van der Waals surface area contributed by atoms with Crippen LogP contribution in [0.3, 0.4) is 0 Å². The van der Waals surface area contributed by atoms with E-state index < -0.39 is 0 Å². The Hall–Kier alpha value is -1.27. The van der Waals surface area contributed by atoms with Crippen LogP contribution >= 0.6 is 0 Å². The van der Waals surface area contributed by atoms with Crippen LogP contribution in [0.15, 0.2) is 36.1 Å². The van der Waals surface area contributed by atoms with E-state index in [2.05, 4.69) is 30.0 Å². The van der Waals surface area contributed by atoms with Gasteiger partial charge in [-0.1, -0.05) is 29.8 Å². The molecule has 1 fully saturated rings. The molecule has 3 aliphatic rings. The number of carbonyl (C=O) groups is 1. The number of carbonyl (C=O) groups excluding carboxylic acids is 1. The van der Waals surface area contributed by atoms with E-state index in [1.807, 2.05) is 6.07 Å². The summed E-state index contributed by atoms with van der Waals surface area (Å²) in [6.07, 6.45) is 3.68. The first-order chi connectivity index (χ1) is 12.7. The van der Waals surface area contributed by atoms with Crippen LogP contribution in [0.5, 0.6) is 0 Å². The van der Waals surface area contributed by atoms with Crippen molar-refractivity contribution in [2.45, 2.75) is 31.9 Å². The third kappa shape index (κ3) is 2.96. The number of methoxy groups -OCH3 is 1. The summed E-state index contributed by atoms with van der Waals surface area (Å²) in [6, 6.07) is 8.68. The molecule has 1 saturated heterocycles. The van der Waals surface area contributed by atoms with Gasteiger partial charge in [0.2, 0.25) is 0 Å². The van der Waals surface area contributed by atoms with Crippen molar-refractivity contribution in [3.8, 4) is 0 Å². The number of fused-ring (bicyclic) bond motifs is 6. The molecule has 0 radical (unpaired) electrons. The number of rotatable bonds is 1. The molecule has 0 spiro atoms. The summed E-state index contributed by atoms with van der Waals surface area (Å²) in [5.41, 5.74) is 4.37. The average molecular weight is 374 g/mol. The van der Waals surface area contributed by atoms with Gasteiger partial charge in [-0.25, -0.2) is 4.79 Å². The van der Waals surface area contributed by atoms with Crippen LogP contribution in [-0.4, -0.2) is 37.2 Å². The molecular weight excluding hydrogens is 351 g/mol. The minimum absolute atomic E-state index is 0. The zero-order valence-electron chi connectivity index (χ0n) is 16.1. The van der Waals surface area contributed by atoms with Crippen LogP contribution in [-0.2, 0) is 20.7 Å². The normalized spacial score (nSPS) is 29.5. The van der Waals surface area contributed by atoms with E-state index in [1.54, 1.807) is 6.26 Å². The average Bonchev–Trinajstić information content (AvgIpc) is 3.06. The number of hydrogen-bond donors (Lipinski definition) is 0. The maximum absolute atomic E-state index is 12.3. The van der Waals surface area contributed by atoms with Gasteiger partial charge in [-0.15, -0.1) is 11.2 Å². The van der Waals surface area contributed by atoms with Gasteiger partial charge in [0, 0.05) is 31.0 Å². The van der Waals surface area contributed by atoms with Crippen LogP contribution in [0.25, 0.3) is 10.9 Å². The first-order valence-corrected chi connectivity index (χ1v) is 9.39. The number of nitrogens with zero attached hydrogens (tertiary/aromatic N) is 2. The first-order valence-electron chi connectivity index (χ1n) is 9.39. The van der Waals surface area contributed by atoms with Gasteiger partial charge in [-0.3, -0.25) is 4.90 Å². The minimum Gasteiger partial charge on any atom is -0.659 e. The van der Waals surface area contributed by atoms with Crippen molar-refractivity contribution in [3.63, 3.8) is 0 Å². The fraction of sp³-hybridized carbons (Fsp3) is 0.476. The topological polar surface area (TPSA) is 52.9 Å². The number of aromatic nitrogens is 1. The summed E-state index contributed by atoms with van der Waals surface area (Å²) >= 11 is 0. The smallest absolute Gasteiger partial charge is 0.659 e. The summed E-state index contributed by atoms with van der Waals surface area (Å²) < 4.78 is 10.8. The van der Waals surface area contributed by atoms with E-state index in [0.717, 1.165) is 31.4 Å². The van der Waals surface area contributed by atoms with Gasteiger partial charge in [0.25, 0.3) is 0 Å². The Labute approximate surface area is 181 Å². The molecule has 6 heteroatoms. The van der Waals surface area contributed by atoms with Gasteiger partial charge >= 0.3 is 35.5 Å². The summed E-state index contributed by atoms with van der Waals surface area (Å²) in [5.74, 6) is 0.214. The number of esters is 1. The van der Waals surface area contributed by atoms with Gasteiger partial charge in [0.1, 0.15) is 0 Å². The second-order valence-corrected chi connectivity index (χ2v) is 7.67. The molecule has 0 aliphatic carbocycles. The van der Waals surface area contributed by atoms with Crippen molar-refractivity contribution < 1.29 is 43.8 Å². The van der Waals surface area contributed by atoms with E-state index in [4.69, 9.17) is 14.5 Å². The van der Waals surface area contributed by atoms with Gasteiger partial charge in [-0.05, 0) is 25.2 Å². The maximum atomic E-state index is 12.3. The molecule has 0 N–H and O–H groups in total. The molecule has 0 bridgehead atoms. The standard InChI is InChI=1S/C21H23N2O3.Na/c1-12-16-10-23-8-7-14-13-5-3-4-6-18(13)22-20(14)19(23)9-15(16)17(11-26-12)21(24)25-2;/h3-6,11-12,15-16,19H,7-10H2,1-2H3;/q-1;+1/t12-,15?,16?,19?;/m0./s1. The number of ether oxygens (including phenoxy) is 2. The van der Waals surface area contributed by atoms with Crippen LogP contribution < -0.4 is 34.5 Å². The number of piperidine rings is 1. The summed E-state index contributed by atoms with van der Waals surface area (Å²) in [6.45, 7) is 4.08. The molecule has 1 aromatic heterocycles. The van der Waals surface area contributed by atoms with Crippen LogP contribution in [0.1, 0.15) is 30.6 Å². The van der Waals surface area contributed by atoms with Gasteiger partial charge in [0.15, 0.2) is 0 Å². The molecule has 4 heterocycles. The molecule has 0 amide bonds. The largest absolute Gasteiger partial charge is 1.00 e. The predicted octanol–water partition coefficient (Wildman–Crippen LogP) is -0.188. The monoisotopic (exact) mass is 374 g/mol. The molecule has 3 unspecified atom stereocenters. The van der Waals surface area contributed by atoms with E-state index in [-0.39, 0.29) is 53.6 Å². The second kappa shape index (κ2) is 7.28. The number of benzene rings is 1. The quantitative estimate of drug-likeness (QED) is 0.512. The maximum Gasteiger partial charge on any atom is 1.00 e. The third-order valence-electron chi connectivity index (χ3n) is 6.46. The fourth-order valence-corrected chi connectivity index (χ4v) is 5.10. The van der Waals surface area contributed by atoms with Crippen molar-refractivity contribution in [1.29, 1.82) is 0 Å². The molecule has 3 aliphatic heterocycles. The van der Waals surface area contributed by atoms with Crippen LogP contribution in [0.4, 0.5) is 0 Å². The van der Waals surface area contributed by atoms with Crippen molar-refractivity contribution in [3.05, 3.63) is 47.4 Å². The minimum atomic E-state index is -0.267. The van der Waals surface area contributed by atoms with Crippen LogP contribution in [0, 0.1) is 11.8 Å². The SMILES string of the molecule is COC(=O)C1=CO[C@@H](C)C2CN3CCc4c([n-]c5ccccc45)C3CC12.[Na+]. The van der Waals surface area contributed by atoms with Crippen LogP contribution in [0.2, 0.25) is 0 Å². The van der Waals surface area contributed by atoms with E-state index in [0.29, 0.717) is 11.5 Å². The molecule has 27 heavy (non-hydrogen) atoms. The summed E-state index contributed by atoms with van der Waals surface area (Å²) in [7, 11) is 1.44. The molecular formula is C21H23N2NaO3. The number of hydrogen-bond acceptors (Lipinski definition) is 4. The Balaban J connectivity index is 0.00000180. The summed E-state index contributed by atoms with van der Waals surface area (Å²) in [5, 5.41) is 1.29. The molecule has 2 aromatic rings. The van der Waals surface area contributed by atoms with Gasteiger partial charge < -0.3 is 14.5 Å². The first kappa shape index (κ1) is 19.1. The van der Waals surface area contributed by atoms with Gasteiger partial charge in [-0.2, -0.15) is 0 Å². The zero-order chi connectivity index (χ0) is 17.8. The molecule has 136 valence electrons. The predicted molar refractivity (Wildman–Crippen MR) is 97.5 cm³/mol. The number of para-hydroxylation sites is 1. The Morgan fingerprint density at radius 3 is 2.96 bits per heavy atom. The molecule has 4 atom stereocenters. The molecule has 5 nitrogen and oxygen atoms in total. The van der Waals surface area contributed by atoms with Gasteiger partial charge in [0.05, 0.1) is 25.0 Å². The molecule has 1 aromatic carbocycles. The third-order valence-corrected chi connectivity index (χ3v) is 6.46. The molecule has 5 rings (SSSR count). The van der Waals surface area contributed by atoms with Crippen molar-refractivity contribution >= 4 is 16.9 Å². The second-order valence-electron chi connectivity index (χ2n) is 7.67. The Morgan fingerprint density at radius 1 is 1.33 bits per heavy atom. The Bertz CT molecular complexity index is 906. The Kier molecular flexibility index (Phi) is 5.14. The van der Waals surface area contributed by atoms with Crippen molar-refractivity contribution in [2.75, 3.05) is 20.2 Å². The van der Waals surface area contributed by atoms with E-state index >= 15 is 0 Å². The zero-order valence-corrected chi connectivity index (χ0v) is 18.1. The molecule has 0 saturated carbocycles. The van der Waals surface area contributed by atoms with E-state index in [9.17, 15) is 4.79 Å². The Morgan fingerprint density at radius 2 is 2.15 bits per heavy atom. The van der Waals surface area contributed by atoms with Crippen molar-refractivity contribution in [1.82, 2.24) is 9.88 Å². The van der Waals surface area contributed by atoms with E-state index in [1.165, 1.54) is 23.8 Å².